The summed E-state index contributed by atoms with van der Waals surface area (Å²) in [4.78, 5) is 19.4. The summed E-state index contributed by atoms with van der Waals surface area (Å²) >= 11 is 0. The molecule has 0 spiro atoms. The second-order valence-electron chi connectivity index (χ2n) is 5.68. The molecular formula is C17H22N4O3. The van der Waals surface area contributed by atoms with Crippen molar-refractivity contribution < 1.29 is 14.6 Å². The Kier molecular flexibility index (Phi) is 5.00. The van der Waals surface area contributed by atoms with Gasteiger partial charge in [0.15, 0.2) is 0 Å². The molecule has 3 rings (SSSR count). The maximum Gasteiger partial charge on any atom is 0.317 e. The fourth-order valence-corrected chi connectivity index (χ4v) is 2.90. The summed E-state index contributed by atoms with van der Waals surface area (Å²) in [5.74, 6) is 0.957. The van der Waals surface area contributed by atoms with Gasteiger partial charge in [-0.15, -0.1) is 0 Å². The van der Waals surface area contributed by atoms with Gasteiger partial charge in [0.05, 0.1) is 13.2 Å². The number of hydrogen-bond acceptors (Lipinski definition) is 5. The van der Waals surface area contributed by atoms with Gasteiger partial charge in [0, 0.05) is 44.3 Å². The molecule has 1 N–H and O–H groups in total. The lowest BCUT2D eigenvalue weighted by Gasteiger charge is -2.34. The number of aromatic nitrogens is 2. The van der Waals surface area contributed by atoms with E-state index in [2.05, 4.69) is 9.88 Å². The molecule has 7 heteroatoms. The SMILES string of the molecule is CCOc1ccc(-n2ccnc2N2CCN(CC(=O)O)CC2)cc1. The van der Waals surface area contributed by atoms with E-state index in [0.29, 0.717) is 6.61 Å². The van der Waals surface area contributed by atoms with Crippen molar-refractivity contribution in [2.24, 2.45) is 0 Å². The first-order valence-electron chi connectivity index (χ1n) is 8.13. The molecule has 1 aromatic carbocycles. The highest BCUT2D eigenvalue weighted by molar-refractivity contribution is 5.69. The van der Waals surface area contributed by atoms with Gasteiger partial charge in [0.25, 0.3) is 0 Å². The van der Waals surface area contributed by atoms with Gasteiger partial charge < -0.3 is 14.7 Å². The fraction of sp³-hybridized carbons (Fsp3) is 0.412. The minimum Gasteiger partial charge on any atom is -0.494 e. The maximum absolute atomic E-state index is 10.8. The lowest BCUT2D eigenvalue weighted by Crippen LogP contribution is -2.48. The van der Waals surface area contributed by atoms with E-state index in [-0.39, 0.29) is 6.54 Å². The molecule has 1 aliphatic rings. The van der Waals surface area contributed by atoms with E-state index in [1.165, 1.54) is 0 Å². The summed E-state index contributed by atoms with van der Waals surface area (Å²) in [6, 6.07) is 7.93. The standard InChI is InChI=1S/C17H22N4O3/c1-2-24-15-5-3-14(4-6-15)21-8-7-18-17(21)20-11-9-19(10-12-20)13-16(22)23/h3-8H,2,9-13H2,1H3,(H,22,23). The zero-order valence-electron chi connectivity index (χ0n) is 13.8. The second-order valence-corrected chi connectivity index (χ2v) is 5.68. The van der Waals surface area contributed by atoms with E-state index in [1.54, 1.807) is 6.20 Å². The van der Waals surface area contributed by atoms with Crippen LogP contribution in [0.15, 0.2) is 36.7 Å². The first-order chi connectivity index (χ1) is 11.7. The van der Waals surface area contributed by atoms with Crippen LogP contribution in [0.3, 0.4) is 0 Å². The second kappa shape index (κ2) is 7.35. The number of carboxylic acid groups (broad SMARTS) is 1. The van der Waals surface area contributed by atoms with E-state index in [4.69, 9.17) is 9.84 Å². The number of carbonyl (C=O) groups is 1. The molecule has 7 nitrogen and oxygen atoms in total. The monoisotopic (exact) mass is 330 g/mol. The zero-order valence-corrected chi connectivity index (χ0v) is 13.8. The predicted octanol–water partition coefficient (Wildman–Crippen LogP) is 1.48. The first kappa shape index (κ1) is 16.3. The molecule has 0 saturated carbocycles. The summed E-state index contributed by atoms with van der Waals surface area (Å²) < 4.78 is 7.52. The molecule has 0 amide bonds. The van der Waals surface area contributed by atoms with Gasteiger partial charge in [0.1, 0.15) is 5.75 Å². The lowest BCUT2D eigenvalue weighted by molar-refractivity contribution is -0.138. The number of piperazine rings is 1. The summed E-state index contributed by atoms with van der Waals surface area (Å²) in [6.45, 7) is 5.69. The smallest absolute Gasteiger partial charge is 0.317 e. The van der Waals surface area contributed by atoms with Crippen LogP contribution in [0.4, 0.5) is 5.95 Å². The Morgan fingerprint density at radius 1 is 1.21 bits per heavy atom. The van der Waals surface area contributed by atoms with Crippen LogP contribution >= 0.6 is 0 Å². The quantitative estimate of drug-likeness (QED) is 0.865. The number of hydrogen-bond donors (Lipinski definition) is 1. The van der Waals surface area contributed by atoms with E-state index >= 15 is 0 Å². The summed E-state index contributed by atoms with van der Waals surface area (Å²) in [5.41, 5.74) is 1.03. The van der Waals surface area contributed by atoms with Crippen molar-refractivity contribution in [2.45, 2.75) is 6.92 Å². The molecule has 0 unspecified atom stereocenters. The van der Waals surface area contributed by atoms with Crippen molar-refractivity contribution in [3.05, 3.63) is 36.7 Å². The molecule has 0 atom stereocenters. The summed E-state index contributed by atoms with van der Waals surface area (Å²) in [6.07, 6.45) is 3.73. The van der Waals surface area contributed by atoms with Crippen LogP contribution in [0.2, 0.25) is 0 Å². The minimum absolute atomic E-state index is 0.0984. The Bertz CT molecular complexity index is 675. The van der Waals surface area contributed by atoms with Gasteiger partial charge in [-0.2, -0.15) is 0 Å². The van der Waals surface area contributed by atoms with Crippen molar-refractivity contribution >= 4 is 11.9 Å². The summed E-state index contributed by atoms with van der Waals surface area (Å²) in [7, 11) is 0. The largest absolute Gasteiger partial charge is 0.494 e. The number of ether oxygens (including phenoxy) is 1. The van der Waals surface area contributed by atoms with E-state index in [1.807, 2.05) is 46.9 Å². The Hall–Kier alpha value is -2.54. The molecule has 0 bridgehead atoms. The van der Waals surface area contributed by atoms with Crippen molar-refractivity contribution in [1.29, 1.82) is 0 Å². The number of nitrogens with zero attached hydrogens (tertiary/aromatic N) is 4. The average Bonchev–Trinajstić information content (AvgIpc) is 3.06. The average molecular weight is 330 g/mol. The fourth-order valence-electron chi connectivity index (χ4n) is 2.90. The van der Waals surface area contributed by atoms with Gasteiger partial charge in [-0.25, -0.2) is 4.98 Å². The highest BCUT2D eigenvalue weighted by atomic mass is 16.5. The molecule has 1 saturated heterocycles. The number of anilines is 1. The molecule has 0 aliphatic carbocycles. The topological polar surface area (TPSA) is 70.8 Å². The van der Waals surface area contributed by atoms with E-state index < -0.39 is 5.97 Å². The minimum atomic E-state index is -0.778. The highest BCUT2D eigenvalue weighted by Gasteiger charge is 2.21. The number of aliphatic carboxylic acids is 1. The third-order valence-corrected chi connectivity index (χ3v) is 4.06. The zero-order chi connectivity index (χ0) is 16.9. The normalized spacial score (nSPS) is 15.5. The Morgan fingerprint density at radius 2 is 1.92 bits per heavy atom. The van der Waals surface area contributed by atoms with Gasteiger partial charge in [-0.05, 0) is 31.2 Å². The third-order valence-electron chi connectivity index (χ3n) is 4.06. The van der Waals surface area contributed by atoms with Crippen molar-refractivity contribution in [3.8, 4) is 11.4 Å². The van der Waals surface area contributed by atoms with E-state index in [9.17, 15) is 4.79 Å². The highest BCUT2D eigenvalue weighted by Crippen LogP contribution is 2.22. The van der Waals surface area contributed by atoms with Gasteiger partial charge in [-0.1, -0.05) is 0 Å². The van der Waals surface area contributed by atoms with Gasteiger partial charge in [0.2, 0.25) is 5.95 Å². The lowest BCUT2D eigenvalue weighted by atomic mass is 10.3. The first-order valence-corrected chi connectivity index (χ1v) is 8.13. The van der Waals surface area contributed by atoms with Crippen molar-refractivity contribution in [3.63, 3.8) is 0 Å². The molecular weight excluding hydrogens is 308 g/mol. The molecule has 0 radical (unpaired) electrons. The molecule has 24 heavy (non-hydrogen) atoms. The third kappa shape index (κ3) is 3.68. The molecule has 1 aliphatic heterocycles. The Morgan fingerprint density at radius 3 is 2.54 bits per heavy atom. The molecule has 128 valence electrons. The Labute approximate surface area is 141 Å². The van der Waals surface area contributed by atoms with Crippen LogP contribution < -0.4 is 9.64 Å². The van der Waals surface area contributed by atoms with Crippen molar-refractivity contribution in [2.75, 3.05) is 44.2 Å². The molecule has 1 fully saturated rings. The molecule has 2 heterocycles. The molecule has 1 aromatic heterocycles. The molecule has 2 aromatic rings. The van der Waals surface area contributed by atoms with Crippen LogP contribution in [0.25, 0.3) is 5.69 Å². The van der Waals surface area contributed by atoms with Crippen LogP contribution in [-0.4, -0.2) is 64.9 Å². The van der Waals surface area contributed by atoms with E-state index in [0.717, 1.165) is 43.6 Å². The predicted molar refractivity (Wildman–Crippen MR) is 91.0 cm³/mol. The number of carboxylic acids is 1. The maximum atomic E-state index is 10.8. The summed E-state index contributed by atoms with van der Waals surface area (Å²) in [5, 5.41) is 8.89. The van der Waals surface area contributed by atoms with Gasteiger partial charge in [-0.3, -0.25) is 14.3 Å². The van der Waals surface area contributed by atoms with Crippen molar-refractivity contribution in [1.82, 2.24) is 14.5 Å². The van der Waals surface area contributed by atoms with Crippen LogP contribution in [0.1, 0.15) is 6.92 Å². The number of imidazole rings is 1. The number of rotatable bonds is 6. The number of benzene rings is 1. The Balaban J connectivity index is 1.70. The van der Waals surface area contributed by atoms with Crippen LogP contribution in [0, 0.1) is 0 Å². The van der Waals surface area contributed by atoms with Crippen LogP contribution in [-0.2, 0) is 4.79 Å². The van der Waals surface area contributed by atoms with Gasteiger partial charge >= 0.3 is 5.97 Å². The van der Waals surface area contributed by atoms with Crippen LogP contribution in [0.5, 0.6) is 5.75 Å².